The smallest absolute Gasteiger partial charge is 0.252 e. The van der Waals surface area contributed by atoms with Gasteiger partial charge in [0.05, 0.1) is 23.0 Å². The summed E-state index contributed by atoms with van der Waals surface area (Å²) in [6.07, 6.45) is 9.39. The zero-order valence-corrected chi connectivity index (χ0v) is 20.3. The van der Waals surface area contributed by atoms with Crippen molar-refractivity contribution in [1.29, 1.82) is 0 Å². The molecule has 7 nitrogen and oxygen atoms in total. The van der Waals surface area contributed by atoms with Crippen molar-refractivity contribution < 1.29 is 9.59 Å². The molecule has 1 aromatic heterocycles. The summed E-state index contributed by atoms with van der Waals surface area (Å²) in [6, 6.07) is 15.1. The van der Waals surface area contributed by atoms with E-state index in [2.05, 4.69) is 20.7 Å². The molecule has 0 aliphatic heterocycles. The molecule has 0 spiro atoms. The monoisotopic (exact) mass is 477 g/mol. The lowest BCUT2D eigenvalue weighted by Gasteiger charge is -2.21. The highest BCUT2D eigenvalue weighted by molar-refractivity contribution is 8.00. The van der Waals surface area contributed by atoms with Crippen LogP contribution in [0.1, 0.15) is 61.0 Å². The standard InChI is InChI=1S/C26H31N5O2S/c1-19(21-11-13-22(14-12-21)31-18-27-17-29-31)30-26(33)23-9-5-6-10-24(23)34-16-25(32)28-15-20-7-3-2-4-8-20/h5-6,9-14,17-20H,2-4,7-8,15-16H2,1H3,(H,28,32)(H,30,33). The number of amides is 2. The van der Waals surface area contributed by atoms with Crippen molar-refractivity contribution in [2.75, 3.05) is 12.3 Å². The van der Waals surface area contributed by atoms with E-state index in [1.165, 1.54) is 50.2 Å². The third-order valence-corrected chi connectivity index (χ3v) is 7.30. The number of aromatic nitrogens is 3. The van der Waals surface area contributed by atoms with Crippen molar-refractivity contribution >= 4 is 23.6 Å². The molecule has 1 atom stereocenters. The van der Waals surface area contributed by atoms with Crippen LogP contribution < -0.4 is 10.6 Å². The van der Waals surface area contributed by atoms with Gasteiger partial charge in [-0.1, -0.05) is 43.5 Å². The maximum absolute atomic E-state index is 13.0. The van der Waals surface area contributed by atoms with Crippen molar-refractivity contribution in [3.05, 3.63) is 72.3 Å². The minimum absolute atomic E-state index is 0.0200. The molecule has 3 aromatic rings. The molecule has 34 heavy (non-hydrogen) atoms. The van der Waals surface area contributed by atoms with Gasteiger partial charge >= 0.3 is 0 Å². The molecule has 2 aromatic carbocycles. The number of carbonyl (C=O) groups excluding carboxylic acids is 2. The zero-order valence-electron chi connectivity index (χ0n) is 19.4. The fourth-order valence-electron chi connectivity index (χ4n) is 4.24. The summed E-state index contributed by atoms with van der Waals surface area (Å²) >= 11 is 1.40. The molecule has 1 saturated carbocycles. The average molecular weight is 478 g/mol. The molecule has 2 amide bonds. The zero-order chi connectivity index (χ0) is 23.8. The van der Waals surface area contributed by atoms with Gasteiger partial charge in [-0.25, -0.2) is 9.67 Å². The van der Waals surface area contributed by atoms with Crippen LogP contribution in [0.25, 0.3) is 5.69 Å². The average Bonchev–Trinajstić information content (AvgIpc) is 3.42. The van der Waals surface area contributed by atoms with E-state index in [0.717, 1.165) is 22.7 Å². The summed E-state index contributed by atoms with van der Waals surface area (Å²) in [6.45, 7) is 2.71. The van der Waals surface area contributed by atoms with Crippen LogP contribution in [0.2, 0.25) is 0 Å². The van der Waals surface area contributed by atoms with Crippen LogP contribution in [0.4, 0.5) is 0 Å². The van der Waals surface area contributed by atoms with Crippen LogP contribution in [0.3, 0.4) is 0 Å². The number of thioether (sulfide) groups is 1. The topological polar surface area (TPSA) is 88.9 Å². The van der Waals surface area contributed by atoms with Crippen molar-refractivity contribution in [1.82, 2.24) is 25.4 Å². The van der Waals surface area contributed by atoms with Crippen LogP contribution in [0, 0.1) is 5.92 Å². The summed E-state index contributed by atoms with van der Waals surface area (Å²) in [4.78, 5) is 30.2. The van der Waals surface area contributed by atoms with E-state index < -0.39 is 0 Å². The van der Waals surface area contributed by atoms with Gasteiger partial charge in [-0.2, -0.15) is 5.10 Å². The predicted octanol–water partition coefficient (Wildman–Crippen LogP) is 4.55. The Balaban J connectivity index is 1.31. The van der Waals surface area contributed by atoms with Crippen molar-refractivity contribution in [3.8, 4) is 5.69 Å². The molecule has 8 heteroatoms. The molecular weight excluding hydrogens is 446 g/mol. The minimum atomic E-state index is -0.172. The van der Waals surface area contributed by atoms with Gasteiger partial charge in [0.25, 0.3) is 5.91 Å². The lowest BCUT2D eigenvalue weighted by molar-refractivity contribution is -0.118. The number of hydrogen-bond acceptors (Lipinski definition) is 5. The molecule has 0 bridgehead atoms. The van der Waals surface area contributed by atoms with E-state index in [9.17, 15) is 9.59 Å². The summed E-state index contributed by atoms with van der Waals surface area (Å²) in [7, 11) is 0. The Kier molecular flexibility index (Phi) is 8.36. The first kappa shape index (κ1) is 24.0. The van der Waals surface area contributed by atoms with Gasteiger partial charge in [-0.3, -0.25) is 9.59 Å². The van der Waals surface area contributed by atoms with Gasteiger partial charge in [0.2, 0.25) is 5.91 Å². The maximum Gasteiger partial charge on any atom is 0.252 e. The Hall–Kier alpha value is -3.13. The van der Waals surface area contributed by atoms with E-state index in [1.54, 1.807) is 17.1 Å². The van der Waals surface area contributed by atoms with Crippen molar-refractivity contribution in [2.45, 2.75) is 50.0 Å². The molecule has 0 radical (unpaired) electrons. The molecule has 0 saturated heterocycles. The van der Waals surface area contributed by atoms with Gasteiger partial charge in [0.15, 0.2) is 0 Å². The molecule has 1 fully saturated rings. The maximum atomic E-state index is 13.0. The number of nitrogens with one attached hydrogen (secondary N) is 2. The minimum Gasteiger partial charge on any atom is -0.355 e. The third kappa shape index (κ3) is 6.47. The first-order valence-corrected chi connectivity index (χ1v) is 12.8. The number of nitrogens with zero attached hydrogens (tertiary/aromatic N) is 3. The van der Waals surface area contributed by atoms with Crippen LogP contribution in [-0.2, 0) is 4.79 Å². The number of rotatable bonds is 9. The summed E-state index contributed by atoms with van der Waals surface area (Å²) in [5, 5.41) is 10.3. The van der Waals surface area contributed by atoms with Crippen LogP contribution in [0.5, 0.6) is 0 Å². The highest BCUT2D eigenvalue weighted by atomic mass is 32.2. The lowest BCUT2D eigenvalue weighted by atomic mass is 9.89. The van der Waals surface area contributed by atoms with Crippen molar-refractivity contribution in [2.24, 2.45) is 5.92 Å². The number of hydrogen-bond donors (Lipinski definition) is 2. The fourth-order valence-corrected chi connectivity index (χ4v) is 5.12. The molecule has 2 N–H and O–H groups in total. The summed E-state index contributed by atoms with van der Waals surface area (Å²) in [5.41, 5.74) is 2.48. The third-order valence-electron chi connectivity index (χ3n) is 6.23. The summed E-state index contributed by atoms with van der Waals surface area (Å²) < 4.78 is 1.69. The normalized spacial score (nSPS) is 15.0. The number of benzene rings is 2. The second-order valence-corrected chi connectivity index (χ2v) is 9.74. The molecule has 1 aliphatic carbocycles. The van der Waals surface area contributed by atoms with Crippen molar-refractivity contribution in [3.63, 3.8) is 0 Å². The Morgan fingerprint density at radius 1 is 1.09 bits per heavy atom. The Morgan fingerprint density at radius 3 is 2.59 bits per heavy atom. The first-order valence-electron chi connectivity index (χ1n) is 11.8. The van der Waals surface area contributed by atoms with E-state index in [-0.39, 0.29) is 17.9 Å². The predicted molar refractivity (Wildman–Crippen MR) is 134 cm³/mol. The highest BCUT2D eigenvalue weighted by Crippen LogP contribution is 2.25. The lowest BCUT2D eigenvalue weighted by Crippen LogP contribution is -2.31. The van der Waals surface area contributed by atoms with Gasteiger partial charge in [0, 0.05) is 11.4 Å². The first-order chi connectivity index (χ1) is 16.6. The SMILES string of the molecule is CC(NC(=O)c1ccccc1SCC(=O)NCC1CCCCC1)c1ccc(-n2cncn2)cc1. The van der Waals surface area contributed by atoms with Gasteiger partial charge in [-0.15, -0.1) is 11.8 Å². The largest absolute Gasteiger partial charge is 0.355 e. The number of carbonyl (C=O) groups is 2. The fraction of sp³-hybridized carbons (Fsp3) is 0.385. The van der Waals surface area contributed by atoms with E-state index in [0.29, 0.717) is 17.2 Å². The molecule has 178 valence electrons. The van der Waals surface area contributed by atoms with Crippen LogP contribution in [0.15, 0.2) is 66.1 Å². The Labute approximate surface area is 204 Å². The van der Waals surface area contributed by atoms with Gasteiger partial charge < -0.3 is 10.6 Å². The quantitative estimate of drug-likeness (QED) is 0.442. The second kappa shape index (κ2) is 11.8. The Bertz CT molecular complexity index is 1080. The molecule has 1 aliphatic rings. The van der Waals surface area contributed by atoms with E-state index in [4.69, 9.17) is 0 Å². The van der Waals surface area contributed by atoms with E-state index in [1.807, 2.05) is 49.4 Å². The molecular formula is C26H31N5O2S. The molecule has 1 unspecified atom stereocenters. The van der Waals surface area contributed by atoms with Crippen LogP contribution >= 0.6 is 11.8 Å². The second-order valence-electron chi connectivity index (χ2n) is 8.72. The molecule has 1 heterocycles. The van der Waals surface area contributed by atoms with Gasteiger partial charge in [-0.05, 0) is 55.5 Å². The van der Waals surface area contributed by atoms with Crippen LogP contribution in [-0.4, -0.2) is 38.9 Å². The Morgan fingerprint density at radius 2 is 1.85 bits per heavy atom. The van der Waals surface area contributed by atoms with E-state index >= 15 is 0 Å². The van der Waals surface area contributed by atoms with Gasteiger partial charge in [0.1, 0.15) is 12.7 Å². The molecule has 4 rings (SSSR count). The summed E-state index contributed by atoms with van der Waals surface area (Å²) in [5.74, 6) is 0.772. The highest BCUT2D eigenvalue weighted by Gasteiger charge is 2.17.